The molecule has 0 saturated carbocycles. The number of hydrogen-bond donors (Lipinski definition) is 0. The number of nitrogens with zero attached hydrogens (tertiary/aromatic N) is 3. The van der Waals surface area contributed by atoms with Crippen molar-refractivity contribution in [3.63, 3.8) is 0 Å². The Hall–Kier alpha value is -1.30. The second kappa shape index (κ2) is 4.69. The normalized spacial score (nSPS) is 10.7. The van der Waals surface area contributed by atoms with E-state index in [1.165, 1.54) is 16.8 Å². The number of hydrogen-bond acceptors (Lipinski definition) is 2. The maximum Gasteiger partial charge on any atom is 0.151 e. The van der Waals surface area contributed by atoms with Gasteiger partial charge in [0.2, 0.25) is 0 Å². The summed E-state index contributed by atoms with van der Waals surface area (Å²) in [5.41, 5.74) is 0.940. The highest BCUT2D eigenvalue weighted by molar-refractivity contribution is 9.09. The molecule has 0 atom stereocenters. The zero-order chi connectivity index (χ0) is 11.5. The molecule has 84 valence electrons. The summed E-state index contributed by atoms with van der Waals surface area (Å²) in [5, 5.41) is 8.41. The predicted octanol–water partition coefficient (Wildman–Crippen LogP) is 2.48. The molecule has 0 radical (unpaired) electrons. The van der Waals surface area contributed by atoms with E-state index in [2.05, 4.69) is 26.2 Å². The predicted molar refractivity (Wildman–Crippen MR) is 58.8 cm³/mol. The summed E-state index contributed by atoms with van der Waals surface area (Å²) in [6, 6.07) is 3.34. The van der Waals surface area contributed by atoms with Crippen LogP contribution in [0.2, 0.25) is 0 Å². The maximum absolute atomic E-state index is 13.4. The Morgan fingerprint density at radius 2 is 2.12 bits per heavy atom. The van der Waals surface area contributed by atoms with Gasteiger partial charge in [-0.05, 0) is 12.1 Å². The molecule has 0 saturated heterocycles. The minimum Gasteiger partial charge on any atom is -0.217 e. The highest BCUT2D eigenvalue weighted by atomic mass is 79.9. The van der Waals surface area contributed by atoms with Gasteiger partial charge in [-0.15, -0.1) is 5.10 Å². The van der Waals surface area contributed by atoms with Gasteiger partial charge in [-0.1, -0.05) is 21.1 Å². The lowest BCUT2D eigenvalue weighted by Gasteiger charge is -2.01. The number of rotatable bonds is 3. The molecular formula is C10H8BrF2N3. The second-order valence-corrected chi connectivity index (χ2v) is 3.98. The van der Waals surface area contributed by atoms with Crippen LogP contribution in [-0.2, 0) is 6.42 Å². The summed E-state index contributed by atoms with van der Waals surface area (Å²) < 4.78 is 27.4. The van der Waals surface area contributed by atoms with E-state index >= 15 is 0 Å². The molecule has 0 aliphatic rings. The van der Waals surface area contributed by atoms with Crippen LogP contribution in [0, 0.1) is 11.6 Å². The first-order chi connectivity index (χ1) is 7.70. The Labute approximate surface area is 99.2 Å². The van der Waals surface area contributed by atoms with E-state index in [4.69, 9.17) is 0 Å². The number of aromatic nitrogens is 3. The third-order valence-electron chi connectivity index (χ3n) is 2.05. The molecule has 0 spiro atoms. The minimum absolute atomic E-state index is 0.190. The van der Waals surface area contributed by atoms with Gasteiger partial charge in [-0.3, -0.25) is 0 Å². The molecule has 6 heteroatoms. The lowest BCUT2D eigenvalue weighted by atomic mass is 10.3. The van der Waals surface area contributed by atoms with E-state index in [-0.39, 0.29) is 5.69 Å². The number of halogens is 3. The Bertz CT molecular complexity index is 499. The maximum atomic E-state index is 13.4. The van der Waals surface area contributed by atoms with Gasteiger partial charge >= 0.3 is 0 Å². The fraction of sp³-hybridized carbons (Fsp3) is 0.200. The van der Waals surface area contributed by atoms with Crippen LogP contribution in [0.25, 0.3) is 5.69 Å². The fourth-order valence-corrected chi connectivity index (χ4v) is 1.70. The number of benzene rings is 1. The van der Waals surface area contributed by atoms with E-state index in [9.17, 15) is 8.78 Å². The van der Waals surface area contributed by atoms with Crippen LogP contribution in [-0.4, -0.2) is 20.3 Å². The standard InChI is InChI=1S/C10H8BrF2N3/c11-4-3-8-6-16(15-14-8)10-2-1-7(12)5-9(10)13/h1-2,5-6H,3-4H2. The first-order valence-corrected chi connectivity index (χ1v) is 5.75. The topological polar surface area (TPSA) is 30.7 Å². The molecule has 0 amide bonds. The van der Waals surface area contributed by atoms with Crippen molar-refractivity contribution in [2.24, 2.45) is 0 Å². The minimum atomic E-state index is -0.657. The van der Waals surface area contributed by atoms with Crippen molar-refractivity contribution in [1.29, 1.82) is 0 Å². The average molecular weight is 288 g/mol. The molecule has 2 rings (SSSR count). The largest absolute Gasteiger partial charge is 0.217 e. The van der Waals surface area contributed by atoms with E-state index in [0.717, 1.165) is 17.1 Å². The fourth-order valence-electron chi connectivity index (χ4n) is 1.29. The van der Waals surface area contributed by atoms with E-state index in [0.29, 0.717) is 6.42 Å². The second-order valence-electron chi connectivity index (χ2n) is 3.19. The molecular weight excluding hydrogens is 280 g/mol. The average Bonchev–Trinajstić information content (AvgIpc) is 2.67. The molecule has 16 heavy (non-hydrogen) atoms. The third kappa shape index (κ3) is 2.27. The smallest absolute Gasteiger partial charge is 0.151 e. The van der Waals surface area contributed by atoms with Gasteiger partial charge in [0.15, 0.2) is 5.82 Å². The van der Waals surface area contributed by atoms with E-state index in [1.54, 1.807) is 6.20 Å². The van der Waals surface area contributed by atoms with Crippen LogP contribution in [0.4, 0.5) is 8.78 Å². The molecule has 0 aliphatic carbocycles. The van der Waals surface area contributed by atoms with Gasteiger partial charge < -0.3 is 0 Å². The van der Waals surface area contributed by atoms with Gasteiger partial charge in [-0.2, -0.15) is 0 Å². The Kier molecular flexibility index (Phi) is 3.28. The lowest BCUT2D eigenvalue weighted by Crippen LogP contribution is -1.98. The van der Waals surface area contributed by atoms with Crippen LogP contribution in [0.3, 0.4) is 0 Å². The van der Waals surface area contributed by atoms with Crippen molar-refractivity contribution >= 4 is 15.9 Å². The summed E-state index contributed by atoms with van der Waals surface area (Å²) in [6.07, 6.45) is 2.33. The molecule has 0 fully saturated rings. The molecule has 0 N–H and O–H groups in total. The van der Waals surface area contributed by atoms with Gasteiger partial charge in [0.1, 0.15) is 11.5 Å². The summed E-state index contributed by atoms with van der Waals surface area (Å²) in [4.78, 5) is 0. The SMILES string of the molecule is Fc1ccc(-n2cc(CCBr)nn2)c(F)c1. The Morgan fingerprint density at radius 3 is 2.81 bits per heavy atom. The summed E-state index contributed by atoms with van der Waals surface area (Å²) in [5.74, 6) is -1.27. The zero-order valence-corrected chi connectivity index (χ0v) is 9.79. The van der Waals surface area contributed by atoms with Crippen LogP contribution >= 0.6 is 15.9 Å². The third-order valence-corrected chi connectivity index (χ3v) is 2.44. The summed E-state index contributed by atoms with van der Waals surface area (Å²) in [7, 11) is 0. The van der Waals surface area contributed by atoms with Crippen LogP contribution < -0.4 is 0 Å². The highest BCUT2D eigenvalue weighted by Crippen LogP contribution is 2.13. The molecule has 1 aromatic carbocycles. The van der Waals surface area contributed by atoms with E-state index in [1.807, 2.05) is 0 Å². The zero-order valence-electron chi connectivity index (χ0n) is 8.20. The van der Waals surface area contributed by atoms with Crippen molar-refractivity contribution < 1.29 is 8.78 Å². The summed E-state index contributed by atoms with van der Waals surface area (Å²) >= 11 is 3.27. The van der Waals surface area contributed by atoms with Gasteiger partial charge in [0, 0.05) is 17.8 Å². The first-order valence-electron chi connectivity index (χ1n) is 4.63. The number of alkyl halides is 1. The molecule has 1 heterocycles. The Balaban J connectivity index is 2.35. The van der Waals surface area contributed by atoms with Crippen molar-refractivity contribution in [2.45, 2.75) is 6.42 Å². The van der Waals surface area contributed by atoms with Gasteiger partial charge in [-0.25, -0.2) is 13.5 Å². The van der Waals surface area contributed by atoms with Gasteiger partial charge in [0.05, 0.1) is 11.9 Å². The molecule has 0 bridgehead atoms. The van der Waals surface area contributed by atoms with Crippen molar-refractivity contribution in [3.8, 4) is 5.69 Å². The van der Waals surface area contributed by atoms with Crippen LogP contribution in [0.1, 0.15) is 5.69 Å². The molecule has 3 nitrogen and oxygen atoms in total. The molecule has 0 aliphatic heterocycles. The van der Waals surface area contributed by atoms with Crippen LogP contribution in [0.15, 0.2) is 24.4 Å². The number of aryl methyl sites for hydroxylation is 1. The van der Waals surface area contributed by atoms with E-state index < -0.39 is 11.6 Å². The van der Waals surface area contributed by atoms with Gasteiger partial charge in [0.25, 0.3) is 0 Å². The Morgan fingerprint density at radius 1 is 1.31 bits per heavy atom. The summed E-state index contributed by atoms with van der Waals surface area (Å²) in [6.45, 7) is 0. The van der Waals surface area contributed by atoms with Crippen molar-refractivity contribution in [2.75, 3.05) is 5.33 Å². The monoisotopic (exact) mass is 287 g/mol. The first kappa shape index (κ1) is 11.2. The van der Waals surface area contributed by atoms with Crippen molar-refractivity contribution in [3.05, 3.63) is 41.7 Å². The van der Waals surface area contributed by atoms with Crippen molar-refractivity contribution in [1.82, 2.24) is 15.0 Å². The van der Waals surface area contributed by atoms with Crippen LogP contribution in [0.5, 0.6) is 0 Å². The molecule has 1 aromatic heterocycles. The molecule has 0 unspecified atom stereocenters. The quantitative estimate of drug-likeness (QED) is 0.812. The lowest BCUT2D eigenvalue weighted by molar-refractivity contribution is 0.572. The molecule has 2 aromatic rings. The highest BCUT2D eigenvalue weighted by Gasteiger charge is 2.08.